The zero-order valence-electron chi connectivity index (χ0n) is 11.0. The quantitative estimate of drug-likeness (QED) is 0.849. The van der Waals surface area contributed by atoms with E-state index in [2.05, 4.69) is 39.8 Å². The highest BCUT2D eigenvalue weighted by molar-refractivity contribution is 5.04. The lowest BCUT2D eigenvalue weighted by atomic mass is 10.2. The molecule has 2 aromatic rings. The monoisotopic (exact) mass is 244 g/mol. The fourth-order valence-electron chi connectivity index (χ4n) is 2.03. The Kier molecular flexibility index (Phi) is 4.47. The first kappa shape index (κ1) is 12.8. The summed E-state index contributed by atoms with van der Waals surface area (Å²) >= 11 is 0. The zero-order valence-corrected chi connectivity index (χ0v) is 11.0. The number of imidazole rings is 1. The molecule has 4 heteroatoms. The SMILES string of the molecule is CC(C)CN(Cc1ccccn1)Cc1cnc[nH]1. The molecule has 96 valence electrons. The van der Waals surface area contributed by atoms with Gasteiger partial charge >= 0.3 is 0 Å². The van der Waals surface area contributed by atoms with Crippen LogP contribution in [0, 0.1) is 5.92 Å². The van der Waals surface area contributed by atoms with Crippen LogP contribution in [0.15, 0.2) is 36.9 Å². The first-order valence-corrected chi connectivity index (χ1v) is 6.33. The van der Waals surface area contributed by atoms with Gasteiger partial charge in [-0.15, -0.1) is 0 Å². The van der Waals surface area contributed by atoms with Crippen LogP contribution < -0.4 is 0 Å². The number of nitrogens with one attached hydrogen (secondary N) is 1. The van der Waals surface area contributed by atoms with Crippen molar-refractivity contribution in [3.05, 3.63) is 48.3 Å². The van der Waals surface area contributed by atoms with Crippen LogP contribution in [0.3, 0.4) is 0 Å². The second kappa shape index (κ2) is 6.31. The van der Waals surface area contributed by atoms with Gasteiger partial charge in [-0.2, -0.15) is 0 Å². The Morgan fingerprint density at radius 1 is 1.28 bits per heavy atom. The molecule has 4 nitrogen and oxygen atoms in total. The third-order valence-corrected chi connectivity index (χ3v) is 2.68. The van der Waals surface area contributed by atoms with Crippen molar-refractivity contribution in [2.45, 2.75) is 26.9 Å². The Hall–Kier alpha value is -1.68. The summed E-state index contributed by atoms with van der Waals surface area (Å²) in [6.07, 6.45) is 5.45. The fraction of sp³-hybridized carbons (Fsp3) is 0.429. The predicted octanol–water partition coefficient (Wildman–Crippen LogP) is 2.46. The van der Waals surface area contributed by atoms with Gasteiger partial charge in [0.2, 0.25) is 0 Å². The molecule has 1 N–H and O–H groups in total. The van der Waals surface area contributed by atoms with Crippen molar-refractivity contribution in [1.29, 1.82) is 0 Å². The van der Waals surface area contributed by atoms with Crippen LogP contribution in [0.5, 0.6) is 0 Å². The smallest absolute Gasteiger partial charge is 0.0922 e. The minimum Gasteiger partial charge on any atom is -0.347 e. The summed E-state index contributed by atoms with van der Waals surface area (Å²) in [5.41, 5.74) is 2.25. The Labute approximate surface area is 108 Å². The van der Waals surface area contributed by atoms with Crippen molar-refractivity contribution in [3.63, 3.8) is 0 Å². The van der Waals surface area contributed by atoms with E-state index in [1.165, 1.54) is 0 Å². The molecule has 0 saturated carbocycles. The third-order valence-electron chi connectivity index (χ3n) is 2.68. The molecule has 0 saturated heterocycles. The van der Waals surface area contributed by atoms with Crippen LogP contribution >= 0.6 is 0 Å². The maximum atomic E-state index is 4.39. The van der Waals surface area contributed by atoms with E-state index in [1.54, 1.807) is 6.33 Å². The van der Waals surface area contributed by atoms with E-state index in [-0.39, 0.29) is 0 Å². The average molecular weight is 244 g/mol. The molecule has 2 rings (SSSR count). The van der Waals surface area contributed by atoms with Gasteiger partial charge in [0.25, 0.3) is 0 Å². The van der Waals surface area contributed by atoms with Crippen molar-refractivity contribution >= 4 is 0 Å². The lowest BCUT2D eigenvalue weighted by Crippen LogP contribution is -2.27. The van der Waals surface area contributed by atoms with Crippen LogP contribution in [-0.2, 0) is 13.1 Å². The summed E-state index contributed by atoms with van der Waals surface area (Å²) in [6, 6.07) is 6.05. The maximum Gasteiger partial charge on any atom is 0.0922 e. The van der Waals surface area contributed by atoms with Crippen molar-refractivity contribution in [1.82, 2.24) is 19.9 Å². The van der Waals surface area contributed by atoms with E-state index in [4.69, 9.17) is 0 Å². The van der Waals surface area contributed by atoms with Gasteiger partial charge in [0.15, 0.2) is 0 Å². The Bertz CT molecular complexity index is 436. The molecule has 0 fully saturated rings. The van der Waals surface area contributed by atoms with Crippen LogP contribution in [0.4, 0.5) is 0 Å². The van der Waals surface area contributed by atoms with Gasteiger partial charge < -0.3 is 4.98 Å². The lowest BCUT2D eigenvalue weighted by Gasteiger charge is -2.23. The molecule has 0 aliphatic heterocycles. The van der Waals surface area contributed by atoms with Crippen LogP contribution in [0.2, 0.25) is 0 Å². The molecule has 0 atom stereocenters. The topological polar surface area (TPSA) is 44.8 Å². The lowest BCUT2D eigenvalue weighted by molar-refractivity contribution is 0.223. The van der Waals surface area contributed by atoms with E-state index >= 15 is 0 Å². The summed E-state index contributed by atoms with van der Waals surface area (Å²) in [6.45, 7) is 7.28. The number of rotatable bonds is 6. The Morgan fingerprint density at radius 3 is 2.78 bits per heavy atom. The molecule has 0 spiro atoms. The van der Waals surface area contributed by atoms with E-state index in [0.29, 0.717) is 5.92 Å². The molecule has 0 aliphatic carbocycles. The molecule has 2 aromatic heterocycles. The van der Waals surface area contributed by atoms with E-state index in [0.717, 1.165) is 31.0 Å². The number of aromatic nitrogens is 3. The normalized spacial score (nSPS) is 11.3. The highest BCUT2D eigenvalue weighted by atomic mass is 15.1. The molecule has 0 bridgehead atoms. The highest BCUT2D eigenvalue weighted by Gasteiger charge is 2.10. The van der Waals surface area contributed by atoms with Gasteiger partial charge in [0.05, 0.1) is 12.0 Å². The first-order chi connectivity index (χ1) is 8.74. The molecular weight excluding hydrogens is 224 g/mol. The summed E-state index contributed by atoms with van der Waals surface area (Å²) in [5, 5.41) is 0. The summed E-state index contributed by atoms with van der Waals surface area (Å²) in [7, 11) is 0. The highest BCUT2D eigenvalue weighted by Crippen LogP contribution is 2.09. The predicted molar refractivity (Wildman–Crippen MR) is 71.8 cm³/mol. The molecule has 2 heterocycles. The zero-order chi connectivity index (χ0) is 12.8. The summed E-state index contributed by atoms with van der Waals surface area (Å²) < 4.78 is 0. The minimum absolute atomic E-state index is 0.636. The van der Waals surface area contributed by atoms with Crippen LogP contribution in [-0.4, -0.2) is 26.4 Å². The van der Waals surface area contributed by atoms with Gasteiger partial charge in [0.1, 0.15) is 0 Å². The second-order valence-electron chi connectivity index (χ2n) is 4.96. The molecule has 0 unspecified atom stereocenters. The van der Waals surface area contributed by atoms with Gasteiger partial charge in [-0.3, -0.25) is 9.88 Å². The molecule has 0 amide bonds. The number of aromatic amines is 1. The Balaban J connectivity index is 2.01. The second-order valence-corrected chi connectivity index (χ2v) is 4.96. The van der Waals surface area contributed by atoms with E-state index < -0.39 is 0 Å². The number of nitrogens with zero attached hydrogens (tertiary/aromatic N) is 3. The molecular formula is C14H20N4. The molecule has 18 heavy (non-hydrogen) atoms. The van der Waals surface area contributed by atoms with E-state index in [1.807, 2.05) is 24.5 Å². The van der Waals surface area contributed by atoms with Crippen LogP contribution in [0.25, 0.3) is 0 Å². The van der Waals surface area contributed by atoms with E-state index in [9.17, 15) is 0 Å². The maximum absolute atomic E-state index is 4.39. The number of hydrogen-bond donors (Lipinski definition) is 1. The average Bonchev–Trinajstić information content (AvgIpc) is 2.82. The van der Waals surface area contributed by atoms with Gasteiger partial charge in [-0.25, -0.2) is 4.98 Å². The third kappa shape index (κ3) is 3.96. The van der Waals surface area contributed by atoms with Crippen molar-refractivity contribution < 1.29 is 0 Å². The fourth-order valence-corrected chi connectivity index (χ4v) is 2.03. The minimum atomic E-state index is 0.636. The standard InChI is InChI=1S/C14H20N4/c1-12(2)8-18(10-14-7-15-11-17-14)9-13-5-3-4-6-16-13/h3-7,11-12H,8-10H2,1-2H3,(H,15,17). The summed E-state index contributed by atoms with van der Waals surface area (Å²) in [4.78, 5) is 14.0. The number of pyridine rings is 1. The first-order valence-electron chi connectivity index (χ1n) is 6.33. The van der Waals surface area contributed by atoms with Crippen molar-refractivity contribution in [2.75, 3.05) is 6.54 Å². The number of hydrogen-bond acceptors (Lipinski definition) is 3. The molecule has 0 aromatic carbocycles. The van der Waals surface area contributed by atoms with Gasteiger partial charge in [-0.05, 0) is 18.1 Å². The van der Waals surface area contributed by atoms with Gasteiger partial charge in [0, 0.05) is 37.7 Å². The largest absolute Gasteiger partial charge is 0.347 e. The summed E-state index contributed by atoms with van der Waals surface area (Å²) in [5.74, 6) is 0.636. The van der Waals surface area contributed by atoms with Gasteiger partial charge in [-0.1, -0.05) is 19.9 Å². The number of H-pyrrole nitrogens is 1. The van der Waals surface area contributed by atoms with Crippen LogP contribution in [0.1, 0.15) is 25.2 Å². The van der Waals surface area contributed by atoms with Crippen molar-refractivity contribution in [3.8, 4) is 0 Å². The molecule has 0 aliphatic rings. The molecule has 0 radical (unpaired) electrons. The van der Waals surface area contributed by atoms with Crippen molar-refractivity contribution in [2.24, 2.45) is 5.92 Å². The Morgan fingerprint density at radius 2 is 2.17 bits per heavy atom.